The van der Waals surface area contributed by atoms with Gasteiger partial charge < -0.3 is 10.4 Å². The van der Waals surface area contributed by atoms with Crippen molar-refractivity contribution in [3.8, 4) is 0 Å². The maximum atomic E-state index is 11.8. The molecule has 2 rings (SSSR count). The molecule has 108 valence electrons. The highest BCUT2D eigenvalue weighted by Crippen LogP contribution is 2.23. The van der Waals surface area contributed by atoms with Crippen molar-refractivity contribution in [1.29, 1.82) is 0 Å². The van der Waals surface area contributed by atoms with Crippen LogP contribution in [0.2, 0.25) is 0 Å². The molecule has 0 aliphatic carbocycles. The van der Waals surface area contributed by atoms with E-state index in [1.165, 1.54) is 17.4 Å². The summed E-state index contributed by atoms with van der Waals surface area (Å²) in [6, 6.07) is 6.40. The lowest BCUT2D eigenvalue weighted by Gasteiger charge is -2.06. The van der Waals surface area contributed by atoms with Crippen LogP contribution in [-0.2, 0) is 4.79 Å². The van der Waals surface area contributed by atoms with Crippen molar-refractivity contribution >= 4 is 56.2 Å². The average Bonchev–Trinajstić information content (AvgIpc) is 2.82. The van der Waals surface area contributed by atoms with Crippen LogP contribution < -0.4 is 10.6 Å². The molecule has 2 aromatic rings. The Balaban J connectivity index is 2.00. The van der Waals surface area contributed by atoms with Gasteiger partial charge in [0.1, 0.15) is 0 Å². The number of carboxylic acids is 1. The molecule has 0 fully saturated rings. The van der Waals surface area contributed by atoms with Gasteiger partial charge in [-0.15, -0.1) is 0 Å². The fraction of sp³-hybridized carbons (Fsp3) is 0. The number of nitrogens with zero attached hydrogens (tertiary/aromatic N) is 1. The van der Waals surface area contributed by atoms with Gasteiger partial charge in [-0.2, -0.15) is 0 Å². The number of carboxylic acid groups (broad SMARTS) is 1. The van der Waals surface area contributed by atoms with Crippen LogP contribution in [0.3, 0.4) is 0 Å². The third kappa shape index (κ3) is 5.01. The van der Waals surface area contributed by atoms with Crippen LogP contribution in [0.25, 0.3) is 6.08 Å². The van der Waals surface area contributed by atoms with Crippen molar-refractivity contribution in [3.05, 3.63) is 45.9 Å². The Morgan fingerprint density at radius 1 is 1.33 bits per heavy atom. The van der Waals surface area contributed by atoms with Crippen molar-refractivity contribution < 1.29 is 14.7 Å². The number of benzene rings is 1. The van der Waals surface area contributed by atoms with Crippen LogP contribution in [-0.4, -0.2) is 22.1 Å². The average molecular weight is 368 g/mol. The minimum Gasteiger partial charge on any atom is -0.478 e. The Morgan fingerprint density at radius 2 is 2.14 bits per heavy atom. The number of carbonyl (C=O) groups excluding carboxylic acids is 1. The lowest BCUT2D eigenvalue weighted by Crippen LogP contribution is -2.19. The summed E-state index contributed by atoms with van der Waals surface area (Å²) < 4.78 is 0.818. The quantitative estimate of drug-likeness (QED) is 0.719. The number of hydrogen-bond acceptors (Lipinski definition) is 4. The van der Waals surface area contributed by atoms with Crippen molar-refractivity contribution in [2.45, 2.75) is 0 Å². The monoisotopic (exact) mass is 367 g/mol. The van der Waals surface area contributed by atoms with Gasteiger partial charge in [0.05, 0.1) is 9.98 Å². The zero-order valence-electron chi connectivity index (χ0n) is 10.5. The smallest absolute Gasteiger partial charge is 0.328 e. The first-order valence-corrected chi connectivity index (χ1v) is 7.34. The number of urea groups is 1. The Labute approximate surface area is 132 Å². The van der Waals surface area contributed by atoms with E-state index in [9.17, 15) is 9.59 Å². The number of amides is 2. The summed E-state index contributed by atoms with van der Waals surface area (Å²) in [6.07, 6.45) is 4.08. The highest BCUT2D eigenvalue weighted by Gasteiger charge is 2.06. The molecular weight excluding hydrogens is 358 g/mol. The topological polar surface area (TPSA) is 91.3 Å². The summed E-state index contributed by atoms with van der Waals surface area (Å²) in [5, 5.41) is 14.3. The van der Waals surface area contributed by atoms with Crippen LogP contribution in [0.1, 0.15) is 5.56 Å². The number of anilines is 2. The molecule has 1 aromatic carbocycles. The molecule has 21 heavy (non-hydrogen) atoms. The first-order chi connectivity index (χ1) is 10.0. The van der Waals surface area contributed by atoms with Gasteiger partial charge in [0.15, 0.2) is 5.13 Å². The molecule has 0 aliphatic heterocycles. The fourth-order valence-electron chi connectivity index (χ4n) is 1.46. The Kier molecular flexibility index (Phi) is 5.07. The summed E-state index contributed by atoms with van der Waals surface area (Å²) in [7, 11) is 0. The van der Waals surface area contributed by atoms with Crippen LogP contribution >= 0.6 is 27.3 Å². The largest absolute Gasteiger partial charge is 0.478 e. The third-order valence-corrected chi connectivity index (χ3v) is 3.65. The molecule has 6 nitrogen and oxygen atoms in total. The van der Waals surface area contributed by atoms with Gasteiger partial charge in [-0.05, 0) is 39.7 Å². The van der Waals surface area contributed by atoms with Gasteiger partial charge in [-0.1, -0.05) is 23.5 Å². The summed E-state index contributed by atoms with van der Waals surface area (Å²) in [6.45, 7) is 0. The Bertz CT molecular complexity index is 699. The highest BCUT2D eigenvalue weighted by atomic mass is 79.9. The van der Waals surface area contributed by atoms with Crippen molar-refractivity contribution in [2.75, 3.05) is 10.6 Å². The zero-order valence-corrected chi connectivity index (χ0v) is 12.9. The molecule has 0 bridgehead atoms. The number of thiazole rings is 1. The second-order valence-corrected chi connectivity index (χ2v) is 6.26. The second kappa shape index (κ2) is 7.00. The van der Waals surface area contributed by atoms with Crippen LogP contribution in [0, 0.1) is 0 Å². The first kappa shape index (κ1) is 15.2. The molecule has 1 heterocycles. The van der Waals surface area contributed by atoms with E-state index in [0.717, 1.165) is 9.86 Å². The van der Waals surface area contributed by atoms with Crippen LogP contribution in [0.5, 0.6) is 0 Å². The molecule has 2 amide bonds. The number of carbonyl (C=O) groups is 2. The summed E-state index contributed by atoms with van der Waals surface area (Å²) >= 11 is 4.55. The van der Waals surface area contributed by atoms with Gasteiger partial charge in [0.25, 0.3) is 0 Å². The second-order valence-electron chi connectivity index (χ2n) is 3.85. The molecule has 0 saturated heterocycles. The Hall–Kier alpha value is -2.19. The van der Waals surface area contributed by atoms with E-state index in [4.69, 9.17) is 5.11 Å². The van der Waals surface area contributed by atoms with E-state index in [-0.39, 0.29) is 0 Å². The highest BCUT2D eigenvalue weighted by molar-refractivity contribution is 9.11. The molecule has 0 spiro atoms. The molecule has 0 atom stereocenters. The van der Waals surface area contributed by atoms with Crippen molar-refractivity contribution in [2.24, 2.45) is 0 Å². The predicted molar refractivity (Wildman–Crippen MR) is 85.6 cm³/mol. The summed E-state index contributed by atoms with van der Waals surface area (Å²) in [5.41, 5.74) is 1.22. The molecular formula is C13H10BrN3O3S. The minimum atomic E-state index is -1.03. The maximum absolute atomic E-state index is 11.8. The van der Waals surface area contributed by atoms with Gasteiger partial charge >= 0.3 is 12.0 Å². The first-order valence-electron chi connectivity index (χ1n) is 5.73. The summed E-state index contributed by atoms with van der Waals surface area (Å²) in [4.78, 5) is 26.2. The molecule has 0 radical (unpaired) electrons. The lowest BCUT2D eigenvalue weighted by atomic mass is 10.2. The van der Waals surface area contributed by atoms with Gasteiger partial charge in [-0.25, -0.2) is 14.6 Å². The number of aromatic nitrogens is 1. The van der Waals surface area contributed by atoms with E-state index in [2.05, 4.69) is 31.5 Å². The van der Waals surface area contributed by atoms with Gasteiger partial charge in [-0.3, -0.25) is 5.32 Å². The molecule has 8 heteroatoms. The molecule has 0 unspecified atom stereocenters. The summed E-state index contributed by atoms with van der Waals surface area (Å²) in [5.74, 6) is -1.03. The fourth-order valence-corrected chi connectivity index (χ4v) is 2.56. The molecule has 3 N–H and O–H groups in total. The van der Waals surface area contributed by atoms with Gasteiger partial charge in [0, 0.05) is 11.8 Å². The van der Waals surface area contributed by atoms with E-state index in [0.29, 0.717) is 16.4 Å². The maximum Gasteiger partial charge on any atom is 0.328 e. The SMILES string of the molecule is O=C(O)/C=C/c1cccc(NC(=O)Nc2ncc(Br)s2)c1. The van der Waals surface area contributed by atoms with E-state index >= 15 is 0 Å². The number of aliphatic carboxylic acids is 1. The number of nitrogens with one attached hydrogen (secondary N) is 2. The Morgan fingerprint density at radius 3 is 2.81 bits per heavy atom. The van der Waals surface area contributed by atoms with Crippen molar-refractivity contribution in [1.82, 2.24) is 4.98 Å². The predicted octanol–water partition coefficient (Wildman–Crippen LogP) is 3.65. The van der Waals surface area contributed by atoms with Crippen LogP contribution in [0.15, 0.2) is 40.3 Å². The standard InChI is InChI=1S/C13H10BrN3O3S/c14-10-7-15-13(21-10)17-12(20)16-9-3-1-2-8(6-9)4-5-11(18)19/h1-7H,(H,18,19)(H2,15,16,17,20)/b5-4+. The van der Waals surface area contributed by atoms with Gasteiger partial charge in [0.2, 0.25) is 0 Å². The van der Waals surface area contributed by atoms with Crippen LogP contribution in [0.4, 0.5) is 15.6 Å². The van der Waals surface area contributed by atoms with Crippen molar-refractivity contribution in [3.63, 3.8) is 0 Å². The number of rotatable bonds is 4. The number of hydrogen-bond donors (Lipinski definition) is 3. The molecule has 1 aromatic heterocycles. The third-order valence-electron chi connectivity index (χ3n) is 2.26. The minimum absolute atomic E-state index is 0.420. The molecule has 0 aliphatic rings. The lowest BCUT2D eigenvalue weighted by molar-refractivity contribution is -0.131. The normalized spacial score (nSPS) is 10.5. The van der Waals surface area contributed by atoms with E-state index < -0.39 is 12.0 Å². The van der Waals surface area contributed by atoms with E-state index in [1.807, 2.05) is 0 Å². The number of halogens is 1. The zero-order chi connectivity index (χ0) is 15.2. The molecule has 0 saturated carbocycles. The van der Waals surface area contributed by atoms with E-state index in [1.54, 1.807) is 30.5 Å².